The molecule has 2 aromatic rings. The molecule has 1 atom stereocenters. The Morgan fingerprint density at radius 3 is 2.50 bits per heavy atom. The maximum atomic E-state index is 5.93. The first-order valence-electron chi connectivity index (χ1n) is 5.86. The highest BCUT2D eigenvalue weighted by atomic mass is 35.5. The van der Waals surface area contributed by atoms with E-state index in [-0.39, 0.29) is 6.04 Å². The Kier molecular flexibility index (Phi) is 3.90. The number of para-hydroxylation sites is 1. The second-order valence-corrected chi connectivity index (χ2v) is 4.77. The van der Waals surface area contributed by atoms with Crippen LogP contribution in [-0.2, 0) is 0 Å². The summed E-state index contributed by atoms with van der Waals surface area (Å²) in [6.07, 6.45) is 0. The number of ether oxygens (including phenoxy) is 1. The molecule has 2 N–H and O–H groups in total. The lowest BCUT2D eigenvalue weighted by Crippen LogP contribution is -2.06. The lowest BCUT2D eigenvalue weighted by molar-refractivity contribution is 0.468. The van der Waals surface area contributed by atoms with Crippen LogP contribution >= 0.6 is 11.6 Å². The number of halogens is 1. The second-order valence-electron chi connectivity index (χ2n) is 4.34. The van der Waals surface area contributed by atoms with E-state index in [0.717, 1.165) is 22.6 Å². The van der Waals surface area contributed by atoms with Gasteiger partial charge in [0.15, 0.2) is 0 Å². The topological polar surface area (TPSA) is 35.2 Å². The largest absolute Gasteiger partial charge is 0.457 e. The summed E-state index contributed by atoms with van der Waals surface area (Å²) in [6, 6.07) is 13.3. The van der Waals surface area contributed by atoms with Crippen molar-refractivity contribution in [2.24, 2.45) is 5.73 Å². The van der Waals surface area contributed by atoms with Crippen LogP contribution in [0.1, 0.15) is 24.1 Å². The molecule has 0 radical (unpaired) electrons. The van der Waals surface area contributed by atoms with E-state index < -0.39 is 0 Å². The Labute approximate surface area is 112 Å². The Morgan fingerprint density at radius 2 is 1.83 bits per heavy atom. The molecule has 0 heterocycles. The molecule has 0 aliphatic rings. The smallest absolute Gasteiger partial charge is 0.132 e. The fourth-order valence-corrected chi connectivity index (χ4v) is 2.02. The zero-order valence-electron chi connectivity index (χ0n) is 10.5. The van der Waals surface area contributed by atoms with Gasteiger partial charge in [0, 0.05) is 16.6 Å². The van der Waals surface area contributed by atoms with Gasteiger partial charge >= 0.3 is 0 Å². The van der Waals surface area contributed by atoms with Crippen LogP contribution in [0.5, 0.6) is 11.5 Å². The minimum Gasteiger partial charge on any atom is -0.457 e. The highest BCUT2D eigenvalue weighted by Crippen LogP contribution is 2.31. The molecule has 0 spiro atoms. The third-order valence-electron chi connectivity index (χ3n) is 2.77. The fraction of sp³-hybridized carbons (Fsp3) is 0.200. The van der Waals surface area contributed by atoms with Gasteiger partial charge in [-0.25, -0.2) is 0 Å². The second kappa shape index (κ2) is 5.42. The summed E-state index contributed by atoms with van der Waals surface area (Å²) < 4.78 is 5.92. The highest BCUT2D eigenvalue weighted by molar-refractivity contribution is 6.30. The van der Waals surface area contributed by atoms with Crippen molar-refractivity contribution in [3.63, 3.8) is 0 Å². The van der Waals surface area contributed by atoms with Gasteiger partial charge in [-0.15, -0.1) is 0 Å². The van der Waals surface area contributed by atoms with E-state index in [2.05, 4.69) is 0 Å². The summed E-state index contributed by atoms with van der Waals surface area (Å²) in [4.78, 5) is 0. The number of benzene rings is 2. The van der Waals surface area contributed by atoms with Gasteiger partial charge in [0.2, 0.25) is 0 Å². The van der Waals surface area contributed by atoms with E-state index >= 15 is 0 Å². The van der Waals surface area contributed by atoms with Crippen LogP contribution in [0.3, 0.4) is 0 Å². The van der Waals surface area contributed by atoms with Gasteiger partial charge in [0.05, 0.1) is 0 Å². The normalized spacial score (nSPS) is 12.2. The highest BCUT2D eigenvalue weighted by Gasteiger charge is 2.09. The zero-order chi connectivity index (χ0) is 13.1. The van der Waals surface area contributed by atoms with Crippen molar-refractivity contribution >= 4 is 11.6 Å². The Morgan fingerprint density at radius 1 is 1.11 bits per heavy atom. The summed E-state index contributed by atoms with van der Waals surface area (Å²) in [6.45, 7) is 3.91. The molecule has 2 aromatic carbocycles. The molecular formula is C15H16ClNO. The third-order valence-corrected chi connectivity index (χ3v) is 3.00. The molecule has 2 nitrogen and oxygen atoms in total. The fourth-order valence-electron chi connectivity index (χ4n) is 1.80. The van der Waals surface area contributed by atoms with Crippen LogP contribution in [0.15, 0.2) is 42.5 Å². The van der Waals surface area contributed by atoms with Crippen molar-refractivity contribution in [3.05, 3.63) is 58.6 Å². The van der Waals surface area contributed by atoms with Crippen molar-refractivity contribution in [1.82, 2.24) is 0 Å². The lowest BCUT2D eigenvalue weighted by Gasteiger charge is -2.14. The van der Waals surface area contributed by atoms with Gasteiger partial charge in [-0.3, -0.25) is 0 Å². The minimum atomic E-state index is -0.0613. The molecule has 3 heteroatoms. The lowest BCUT2D eigenvalue weighted by atomic mass is 10.1. The standard InChI is InChI=1S/C15H16ClNO/c1-10-9-12(16)7-8-14(10)18-15-6-4-3-5-13(15)11(2)17/h3-9,11H,17H2,1-2H3/t11-/m0/s1. The molecule has 18 heavy (non-hydrogen) atoms. The van der Waals surface area contributed by atoms with Crippen molar-refractivity contribution < 1.29 is 4.74 Å². The van der Waals surface area contributed by atoms with Gasteiger partial charge in [0.25, 0.3) is 0 Å². The Balaban J connectivity index is 2.34. The average Bonchev–Trinajstić information content (AvgIpc) is 2.33. The van der Waals surface area contributed by atoms with E-state index in [9.17, 15) is 0 Å². The molecule has 2 rings (SSSR count). The Hall–Kier alpha value is -1.51. The number of aryl methyl sites for hydroxylation is 1. The van der Waals surface area contributed by atoms with Crippen LogP contribution in [0.2, 0.25) is 5.02 Å². The number of hydrogen-bond acceptors (Lipinski definition) is 2. The van der Waals surface area contributed by atoms with Gasteiger partial charge in [-0.05, 0) is 43.7 Å². The van der Waals surface area contributed by atoms with E-state index in [1.807, 2.05) is 56.3 Å². The van der Waals surface area contributed by atoms with E-state index in [0.29, 0.717) is 5.02 Å². The number of hydrogen-bond donors (Lipinski definition) is 1. The summed E-state index contributed by atoms with van der Waals surface area (Å²) in [7, 11) is 0. The summed E-state index contributed by atoms with van der Waals surface area (Å²) in [5.74, 6) is 1.59. The number of rotatable bonds is 3. The summed E-state index contributed by atoms with van der Waals surface area (Å²) in [5.41, 5.74) is 7.92. The molecule has 0 unspecified atom stereocenters. The molecule has 0 aromatic heterocycles. The zero-order valence-corrected chi connectivity index (χ0v) is 11.2. The van der Waals surface area contributed by atoms with E-state index in [1.54, 1.807) is 0 Å². The van der Waals surface area contributed by atoms with Crippen molar-refractivity contribution in [2.45, 2.75) is 19.9 Å². The average molecular weight is 262 g/mol. The molecule has 0 saturated carbocycles. The minimum absolute atomic E-state index is 0.0613. The third kappa shape index (κ3) is 2.84. The van der Waals surface area contributed by atoms with Crippen molar-refractivity contribution in [3.8, 4) is 11.5 Å². The van der Waals surface area contributed by atoms with E-state index in [1.165, 1.54) is 0 Å². The first-order valence-corrected chi connectivity index (χ1v) is 6.24. The summed E-state index contributed by atoms with van der Waals surface area (Å²) in [5, 5.41) is 0.709. The van der Waals surface area contributed by atoms with Gasteiger partial charge in [0.1, 0.15) is 11.5 Å². The molecule has 0 saturated heterocycles. The molecule has 94 valence electrons. The monoisotopic (exact) mass is 261 g/mol. The molecule has 0 fully saturated rings. The summed E-state index contributed by atoms with van der Waals surface area (Å²) >= 11 is 5.93. The van der Waals surface area contributed by atoms with Crippen LogP contribution in [-0.4, -0.2) is 0 Å². The quantitative estimate of drug-likeness (QED) is 0.885. The maximum Gasteiger partial charge on any atom is 0.132 e. The van der Waals surface area contributed by atoms with Crippen LogP contribution < -0.4 is 10.5 Å². The van der Waals surface area contributed by atoms with Gasteiger partial charge in [-0.2, -0.15) is 0 Å². The van der Waals surface area contributed by atoms with E-state index in [4.69, 9.17) is 22.1 Å². The first kappa shape index (κ1) is 12.9. The Bertz CT molecular complexity index is 552. The molecule has 0 aliphatic heterocycles. The predicted molar refractivity (Wildman–Crippen MR) is 75.3 cm³/mol. The van der Waals surface area contributed by atoms with Crippen molar-refractivity contribution in [1.29, 1.82) is 0 Å². The first-order chi connectivity index (χ1) is 8.58. The van der Waals surface area contributed by atoms with Crippen LogP contribution in [0, 0.1) is 6.92 Å². The number of nitrogens with two attached hydrogens (primary N) is 1. The van der Waals surface area contributed by atoms with Gasteiger partial charge in [-0.1, -0.05) is 29.8 Å². The van der Waals surface area contributed by atoms with Crippen LogP contribution in [0.25, 0.3) is 0 Å². The predicted octanol–water partition coefficient (Wildman–Crippen LogP) is 4.46. The SMILES string of the molecule is Cc1cc(Cl)ccc1Oc1ccccc1[C@H](C)N. The maximum absolute atomic E-state index is 5.93. The van der Waals surface area contributed by atoms with Crippen LogP contribution in [0.4, 0.5) is 0 Å². The van der Waals surface area contributed by atoms with Gasteiger partial charge < -0.3 is 10.5 Å². The molecule has 0 aliphatic carbocycles. The molecule has 0 bridgehead atoms. The molecule has 0 amide bonds. The molecular weight excluding hydrogens is 246 g/mol. The van der Waals surface area contributed by atoms with Crippen molar-refractivity contribution in [2.75, 3.05) is 0 Å².